The van der Waals surface area contributed by atoms with Gasteiger partial charge in [-0.3, -0.25) is 0 Å². The van der Waals surface area contributed by atoms with E-state index in [1.54, 1.807) is 30.3 Å². The average molecular weight is 325 g/mol. The van der Waals surface area contributed by atoms with Crippen molar-refractivity contribution in [2.75, 3.05) is 14.2 Å². The van der Waals surface area contributed by atoms with Gasteiger partial charge in [-0.25, -0.2) is 0 Å². The number of hydrogen-bond acceptors (Lipinski definition) is 4. The minimum atomic E-state index is -0.0664. The molecule has 0 aliphatic rings. The summed E-state index contributed by atoms with van der Waals surface area (Å²) >= 11 is 3.36. The number of halogens is 1. The molecule has 0 radical (unpaired) electrons. The molecule has 0 aliphatic heterocycles. The van der Waals surface area contributed by atoms with E-state index in [4.69, 9.17) is 9.47 Å². The molecule has 5 heteroatoms. The lowest BCUT2D eigenvalue weighted by Crippen LogP contribution is -1.91. The highest BCUT2D eigenvalue weighted by Crippen LogP contribution is 2.42. The molecule has 0 fully saturated rings. The largest absolute Gasteiger partial charge is 0.507 e. The van der Waals surface area contributed by atoms with Crippen molar-refractivity contribution in [1.29, 1.82) is 0 Å². The molecule has 0 atom stereocenters. The van der Waals surface area contributed by atoms with Gasteiger partial charge in [-0.05, 0) is 35.9 Å². The van der Waals surface area contributed by atoms with Crippen LogP contribution in [-0.2, 0) is 0 Å². The van der Waals surface area contributed by atoms with Crippen LogP contribution in [0.2, 0.25) is 0 Å². The molecular weight excluding hydrogens is 312 g/mol. The van der Waals surface area contributed by atoms with Crippen LogP contribution in [0, 0.1) is 0 Å². The van der Waals surface area contributed by atoms with Gasteiger partial charge >= 0.3 is 0 Å². The number of ether oxygens (including phenoxy) is 2. The lowest BCUT2D eigenvalue weighted by molar-refractivity contribution is 0.340. The SMILES string of the molecule is COc1cc(-c2cc(Br)ccc2O)cc(OC)c1O. The van der Waals surface area contributed by atoms with Crippen LogP contribution in [0.15, 0.2) is 34.8 Å². The van der Waals surface area contributed by atoms with Gasteiger partial charge in [0.2, 0.25) is 5.75 Å². The molecule has 2 aromatic carbocycles. The Balaban J connectivity index is 2.65. The smallest absolute Gasteiger partial charge is 0.200 e. The number of phenols is 2. The molecule has 0 saturated carbocycles. The number of hydrogen-bond donors (Lipinski definition) is 2. The fraction of sp³-hybridized carbons (Fsp3) is 0.143. The third-order valence-electron chi connectivity index (χ3n) is 2.75. The Morgan fingerprint density at radius 3 is 2.05 bits per heavy atom. The summed E-state index contributed by atoms with van der Waals surface area (Å²) in [6, 6.07) is 8.39. The molecule has 0 aliphatic carbocycles. The molecule has 0 aromatic heterocycles. The number of aromatic hydroxyl groups is 2. The molecule has 0 amide bonds. The van der Waals surface area contributed by atoms with E-state index >= 15 is 0 Å². The molecule has 0 heterocycles. The van der Waals surface area contributed by atoms with Crippen molar-refractivity contribution in [3.05, 3.63) is 34.8 Å². The average Bonchev–Trinajstić information content (AvgIpc) is 2.42. The van der Waals surface area contributed by atoms with Gasteiger partial charge in [0, 0.05) is 10.0 Å². The van der Waals surface area contributed by atoms with Gasteiger partial charge < -0.3 is 19.7 Å². The maximum absolute atomic E-state index is 9.92. The summed E-state index contributed by atoms with van der Waals surface area (Å²) < 4.78 is 11.0. The summed E-state index contributed by atoms with van der Waals surface area (Å²) in [7, 11) is 2.91. The van der Waals surface area contributed by atoms with E-state index in [0.717, 1.165) is 4.47 Å². The molecule has 2 aromatic rings. The van der Waals surface area contributed by atoms with Crippen LogP contribution in [0.5, 0.6) is 23.0 Å². The molecule has 2 N–H and O–H groups in total. The quantitative estimate of drug-likeness (QED) is 0.906. The minimum absolute atomic E-state index is 0.0664. The second kappa shape index (κ2) is 5.40. The first-order valence-corrected chi connectivity index (χ1v) is 6.30. The highest BCUT2D eigenvalue weighted by Gasteiger charge is 2.14. The molecule has 100 valence electrons. The van der Waals surface area contributed by atoms with Gasteiger partial charge in [0.25, 0.3) is 0 Å². The first-order chi connectivity index (χ1) is 9.06. The zero-order valence-electron chi connectivity index (χ0n) is 10.5. The van der Waals surface area contributed by atoms with Gasteiger partial charge in [-0.15, -0.1) is 0 Å². The number of methoxy groups -OCH3 is 2. The van der Waals surface area contributed by atoms with Crippen molar-refractivity contribution >= 4 is 15.9 Å². The predicted molar refractivity (Wildman–Crippen MR) is 76.0 cm³/mol. The Bertz CT molecular complexity index is 585. The fourth-order valence-corrected chi connectivity index (χ4v) is 2.15. The van der Waals surface area contributed by atoms with Crippen LogP contribution in [-0.4, -0.2) is 24.4 Å². The zero-order valence-corrected chi connectivity index (χ0v) is 12.1. The summed E-state index contributed by atoms with van der Waals surface area (Å²) in [5.41, 5.74) is 1.30. The van der Waals surface area contributed by atoms with Gasteiger partial charge in [-0.1, -0.05) is 15.9 Å². The fourth-order valence-electron chi connectivity index (χ4n) is 1.79. The zero-order chi connectivity index (χ0) is 14.0. The molecule has 0 spiro atoms. The van der Waals surface area contributed by atoms with E-state index in [-0.39, 0.29) is 23.0 Å². The summed E-state index contributed by atoms with van der Waals surface area (Å²) in [6.07, 6.45) is 0. The first-order valence-electron chi connectivity index (χ1n) is 5.50. The van der Waals surface area contributed by atoms with Crippen LogP contribution in [0.4, 0.5) is 0 Å². The third-order valence-corrected chi connectivity index (χ3v) is 3.24. The van der Waals surface area contributed by atoms with Crippen LogP contribution in [0.25, 0.3) is 11.1 Å². The Labute approximate surface area is 119 Å². The summed E-state index contributed by atoms with van der Waals surface area (Å²) in [5, 5.41) is 19.8. The van der Waals surface area contributed by atoms with E-state index in [0.29, 0.717) is 11.1 Å². The Kier molecular flexibility index (Phi) is 3.85. The standard InChI is InChI=1S/C14H13BrO4/c1-18-12-5-8(6-13(19-2)14(12)17)10-7-9(15)3-4-11(10)16/h3-7,16-17H,1-2H3. The van der Waals surface area contributed by atoms with Crippen LogP contribution >= 0.6 is 15.9 Å². The first kappa shape index (κ1) is 13.5. The van der Waals surface area contributed by atoms with Crippen LogP contribution in [0.3, 0.4) is 0 Å². The highest BCUT2D eigenvalue weighted by molar-refractivity contribution is 9.10. The monoisotopic (exact) mass is 324 g/mol. The van der Waals surface area contributed by atoms with E-state index in [1.165, 1.54) is 14.2 Å². The molecule has 0 bridgehead atoms. The molecular formula is C14H13BrO4. The van der Waals surface area contributed by atoms with Crippen molar-refractivity contribution in [1.82, 2.24) is 0 Å². The third kappa shape index (κ3) is 2.61. The van der Waals surface area contributed by atoms with Crippen molar-refractivity contribution in [2.24, 2.45) is 0 Å². The topological polar surface area (TPSA) is 58.9 Å². The number of benzene rings is 2. The highest BCUT2D eigenvalue weighted by atomic mass is 79.9. The van der Waals surface area contributed by atoms with Crippen molar-refractivity contribution in [3.63, 3.8) is 0 Å². The molecule has 2 rings (SSSR count). The molecule has 4 nitrogen and oxygen atoms in total. The van der Waals surface area contributed by atoms with Gasteiger partial charge in [-0.2, -0.15) is 0 Å². The van der Waals surface area contributed by atoms with E-state index in [1.807, 2.05) is 0 Å². The summed E-state index contributed by atoms with van der Waals surface area (Å²) in [6.45, 7) is 0. The molecule has 0 unspecified atom stereocenters. The van der Waals surface area contributed by atoms with Gasteiger partial charge in [0.05, 0.1) is 14.2 Å². The van der Waals surface area contributed by atoms with Crippen LogP contribution < -0.4 is 9.47 Å². The second-order valence-electron chi connectivity index (χ2n) is 3.89. The van der Waals surface area contributed by atoms with Crippen molar-refractivity contribution in [2.45, 2.75) is 0 Å². The maximum atomic E-state index is 9.92. The van der Waals surface area contributed by atoms with E-state index in [9.17, 15) is 10.2 Å². The lowest BCUT2D eigenvalue weighted by atomic mass is 10.0. The summed E-state index contributed by atoms with van der Waals surface area (Å²) in [4.78, 5) is 0. The molecule has 0 saturated heterocycles. The number of phenolic OH excluding ortho intramolecular Hbond substituents is 2. The predicted octanol–water partition coefficient (Wildman–Crippen LogP) is 3.54. The second-order valence-corrected chi connectivity index (χ2v) is 4.81. The maximum Gasteiger partial charge on any atom is 0.200 e. The number of rotatable bonds is 3. The van der Waals surface area contributed by atoms with Crippen LogP contribution in [0.1, 0.15) is 0 Å². The van der Waals surface area contributed by atoms with E-state index < -0.39 is 0 Å². The summed E-state index contributed by atoms with van der Waals surface area (Å²) in [5.74, 6) is 0.642. The Morgan fingerprint density at radius 2 is 1.53 bits per heavy atom. The lowest BCUT2D eigenvalue weighted by Gasteiger charge is -2.12. The van der Waals surface area contributed by atoms with Gasteiger partial charge in [0.15, 0.2) is 11.5 Å². The van der Waals surface area contributed by atoms with E-state index in [2.05, 4.69) is 15.9 Å². The van der Waals surface area contributed by atoms with Crippen molar-refractivity contribution in [3.8, 4) is 34.1 Å². The van der Waals surface area contributed by atoms with Gasteiger partial charge in [0.1, 0.15) is 5.75 Å². The molecule has 19 heavy (non-hydrogen) atoms. The minimum Gasteiger partial charge on any atom is -0.507 e. The Hall–Kier alpha value is -1.88. The Morgan fingerprint density at radius 1 is 0.947 bits per heavy atom. The normalized spacial score (nSPS) is 10.3. The van der Waals surface area contributed by atoms with Crippen molar-refractivity contribution < 1.29 is 19.7 Å².